The smallest absolute Gasteiger partial charge is 0.387 e. The molecule has 0 unspecified atom stereocenters. The number of carbonyl (C=O) groups is 1. The van der Waals surface area contributed by atoms with Crippen LogP contribution in [0.1, 0.15) is 31.2 Å². The lowest BCUT2D eigenvalue weighted by atomic mass is 9.93. The van der Waals surface area contributed by atoms with E-state index in [-0.39, 0.29) is 11.7 Å². The second-order valence-corrected chi connectivity index (χ2v) is 6.24. The Kier molecular flexibility index (Phi) is 7.43. The highest BCUT2D eigenvalue weighted by atomic mass is 19.3. The lowest BCUT2D eigenvalue weighted by Crippen LogP contribution is -2.39. The molecule has 1 heterocycles. The number of piperidine rings is 1. The summed E-state index contributed by atoms with van der Waals surface area (Å²) in [5, 5.41) is 3.17. The molecule has 1 saturated heterocycles. The number of halogens is 2. The van der Waals surface area contributed by atoms with Gasteiger partial charge in [-0.2, -0.15) is 8.78 Å². The van der Waals surface area contributed by atoms with Crippen LogP contribution in [0.15, 0.2) is 24.3 Å². The normalized spacial score (nSPS) is 15.8. The van der Waals surface area contributed by atoms with Gasteiger partial charge in [-0.25, -0.2) is 0 Å². The average Bonchev–Trinajstić information content (AvgIpc) is 2.59. The number of benzene rings is 1. The molecule has 4 nitrogen and oxygen atoms in total. The average molecular weight is 340 g/mol. The molecule has 0 saturated carbocycles. The van der Waals surface area contributed by atoms with E-state index in [1.165, 1.54) is 18.6 Å². The molecule has 2 rings (SSSR count). The maximum atomic E-state index is 12.3. The summed E-state index contributed by atoms with van der Waals surface area (Å²) < 4.78 is 28.5. The molecule has 0 aliphatic carbocycles. The lowest BCUT2D eigenvalue weighted by Gasteiger charge is -2.32. The first-order valence-corrected chi connectivity index (χ1v) is 8.54. The van der Waals surface area contributed by atoms with Gasteiger partial charge in [0.15, 0.2) is 0 Å². The molecule has 1 amide bonds. The zero-order valence-electron chi connectivity index (χ0n) is 14.1. The molecule has 24 heavy (non-hydrogen) atoms. The first-order valence-electron chi connectivity index (χ1n) is 8.54. The van der Waals surface area contributed by atoms with E-state index in [0.29, 0.717) is 18.8 Å². The maximum Gasteiger partial charge on any atom is 0.387 e. The number of amides is 1. The van der Waals surface area contributed by atoms with Gasteiger partial charge < -0.3 is 15.0 Å². The van der Waals surface area contributed by atoms with Crippen molar-refractivity contribution in [1.29, 1.82) is 0 Å². The highest BCUT2D eigenvalue weighted by Crippen LogP contribution is 2.21. The molecule has 1 fully saturated rings. The Morgan fingerprint density at radius 1 is 1.29 bits per heavy atom. The molecule has 0 atom stereocenters. The van der Waals surface area contributed by atoms with Crippen molar-refractivity contribution in [2.75, 3.05) is 26.7 Å². The second-order valence-electron chi connectivity index (χ2n) is 6.24. The van der Waals surface area contributed by atoms with Gasteiger partial charge in [-0.3, -0.25) is 4.79 Å². The highest BCUT2D eigenvalue weighted by molar-refractivity contribution is 5.76. The number of nitrogens with zero attached hydrogens (tertiary/aromatic N) is 1. The van der Waals surface area contributed by atoms with Crippen LogP contribution in [-0.4, -0.2) is 44.1 Å². The zero-order valence-corrected chi connectivity index (χ0v) is 14.1. The summed E-state index contributed by atoms with van der Waals surface area (Å²) in [6, 6.07) is 6.49. The Bertz CT molecular complexity index is 500. The van der Waals surface area contributed by atoms with Crippen molar-refractivity contribution in [2.45, 2.75) is 38.7 Å². The van der Waals surface area contributed by atoms with E-state index in [0.717, 1.165) is 38.0 Å². The molecule has 0 spiro atoms. The number of ether oxygens (including phenoxy) is 1. The fourth-order valence-corrected chi connectivity index (χ4v) is 3.07. The summed E-state index contributed by atoms with van der Waals surface area (Å²) in [5.74, 6) is 1.03. The standard InChI is InChI=1S/C18H26F2N2O2/c1-21-11-8-15-9-12-22(13-10-15)17(23)7-4-14-2-5-16(6-3-14)24-18(19)20/h2-3,5-6,15,18,21H,4,7-13H2,1H3. The minimum atomic E-state index is -2.81. The Morgan fingerprint density at radius 3 is 2.54 bits per heavy atom. The Labute approximate surface area is 142 Å². The van der Waals surface area contributed by atoms with Gasteiger partial charge in [0.1, 0.15) is 5.75 Å². The van der Waals surface area contributed by atoms with Crippen LogP contribution in [0.2, 0.25) is 0 Å². The Balaban J connectivity index is 1.71. The first-order chi connectivity index (χ1) is 11.6. The summed E-state index contributed by atoms with van der Waals surface area (Å²) in [4.78, 5) is 14.2. The summed E-state index contributed by atoms with van der Waals surface area (Å²) in [6.07, 6.45) is 4.40. The van der Waals surface area contributed by atoms with Crippen LogP contribution in [-0.2, 0) is 11.2 Å². The molecule has 0 radical (unpaired) electrons. The van der Waals surface area contributed by atoms with Crippen LogP contribution < -0.4 is 10.1 Å². The van der Waals surface area contributed by atoms with E-state index in [4.69, 9.17) is 0 Å². The molecule has 1 aromatic rings. The maximum absolute atomic E-state index is 12.3. The summed E-state index contributed by atoms with van der Waals surface area (Å²) in [7, 11) is 1.96. The number of carbonyl (C=O) groups excluding carboxylic acids is 1. The third-order valence-corrected chi connectivity index (χ3v) is 4.55. The molecule has 1 aliphatic heterocycles. The van der Waals surface area contributed by atoms with E-state index >= 15 is 0 Å². The van der Waals surface area contributed by atoms with E-state index in [1.54, 1.807) is 12.1 Å². The van der Waals surface area contributed by atoms with Crippen molar-refractivity contribution in [3.63, 3.8) is 0 Å². The van der Waals surface area contributed by atoms with Gasteiger partial charge in [0.05, 0.1) is 0 Å². The van der Waals surface area contributed by atoms with E-state index in [2.05, 4.69) is 10.1 Å². The number of alkyl halides is 2. The van der Waals surface area contributed by atoms with Crippen molar-refractivity contribution in [1.82, 2.24) is 10.2 Å². The lowest BCUT2D eigenvalue weighted by molar-refractivity contribution is -0.132. The number of hydrogen-bond acceptors (Lipinski definition) is 3. The zero-order chi connectivity index (χ0) is 17.4. The number of likely N-dealkylation sites (tertiary alicyclic amines) is 1. The first kappa shape index (κ1) is 18.6. The van der Waals surface area contributed by atoms with Crippen molar-refractivity contribution < 1.29 is 18.3 Å². The molecule has 0 bridgehead atoms. The number of rotatable bonds is 8. The quantitative estimate of drug-likeness (QED) is 0.791. The SMILES string of the molecule is CNCCC1CCN(C(=O)CCc2ccc(OC(F)F)cc2)CC1. The van der Waals surface area contributed by atoms with Crippen LogP contribution in [0.4, 0.5) is 8.78 Å². The molecule has 0 aromatic heterocycles. The van der Waals surface area contributed by atoms with Crippen molar-refractivity contribution in [3.05, 3.63) is 29.8 Å². The second kappa shape index (κ2) is 9.57. The summed E-state index contributed by atoms with van der Waals surface area (Å²) >= 11 is 0. The van der Waals surface area contributed by atoms with Crippen LogP contribution >= 0.6 is 0 Å². The number of hydrogen-bond donors (Lipinski definition) is 1. The van der Waals surface area contributed by atoms with Gasteiger partial charge in [0.2, 0.25) is 5.91 Å². The fourth-order valence-electron chi connectivity index (χ4n) is 3.07. The van der Waals surface area contributed by atoms with Crippen molar-refractivity contribution in [3.8, 4) is 5.75 Å². The van der Waals surface area contributed by atoms with Gasteiger partial charge in [0, 0.05) is 19.5 Å². The van der Waals surface area contributed by atoms with Crippen LogP contribution in [0, 0.1) is 5.92 Å². The monoisotopic (exact) mass is 340 g/mol. The van der Waals surface area contributed by atoms with Gasteiger partial charge in [-0.1, -0.05) is 12.1 Å². The van der Waals surface area contributed by atoms with Crippen molar-refractivity contribution in [2.24, 2.45) is 5.92 Å². The predicted octanol–water partition coefficient (Wildman–Crippen LogP) is 3.07. The predicted molar refractivity (Wildman–Crippen MR) is 89.2 cm³/mol. The molecule has 134 valence electrons. The van der Waals surface area contributed by atoms with Crippen molar-refractivity contribution >= 4 is 5.91 Å². The van der Waals surface area contributed by atoms with Crippen LogP contribution in [0.5, 0.6) is 5.75 Å². The molecule has 1 N–H and O–H groups in total. The Morgan fingerprint density at radius 2 is 1.96 bits per heavy atom. The third kappa shape index (κ3) is 6.07. The molecule has 1 aromatic carbocycles. The minimum absolute atomic E-state index is 0.142. The summed E-state index contributed by atoms with van der Waals surface area (Å²) in [6.45, 7) is -0.0967. The Hall–Kier alpha value is -1.69. The molecule has 6 heteroatoms. The van der Waals surface area contributed by atoms with Gasteiger partial charge in [-0.05, 0) is 62.9 Å². The highest BCUT2D eigenvalue weighted by Gasteiger charge is 2.22. The third-order valence-electron chi connectivity index (χ3n) is 4.55. The largest absolute Gasteiger partial charge is 0.435 e. The van der Waals surface area contributed by atoms with E-state index in [9.17, 15) is 13.6 Å². The van der Waals surface area contributed by atoms with Crippen LogP contribution in [0.3, 0.4) is 0 Å². The number of aryl methyl sites for hydroxylation is 1. The van der Waals surface area contributed by atoms with Gasteiger partial charge >= 0.3 is 6.61 Å². The topological polar surface area (TPSA) is 41.6 Å². The molecular formula is C18H26F2N2O2. The summed E-state index contributed by atoms with van der Waals surface area (Å²) in [5.41, 5.74) is 0.953. The van der Waals surface area contributed by atoms with Gasteiger partial charge in [-0.15, -0.1) is 0 Å². The van der Waals surface area contributed by atoms with Crippen LogP contribution in [0.25, 0.3) is 0 Å². The number of nitrogens with one attached hydrogen (secondary N) is 1. The fraction of sp³-hybridized carbons (Fsp3) is 0.611. The van der Waals surface area contributed by atoms with E-state index < -0.39 is 6.61 Å². The van der Waals surface area contributed by atoms with E-state index in [1.807, 2.05) is 11.9 Å². The molecular weight excluding hydrogens is 314 g/mol. The van der Waals surface area contributed by atoms with Gasteiger partial charge in [0.25, 0.3) is 0 Å². The molecule has 1 aliphatic rings. The minimum Gasteiger partial charge on any atom is -0.435 e.